The molecular weight excluding hydrogens is 237 g/mol. The van der Waals surface area contributed by atoms with Gasteiger partial charge < -0.3 is 5.73 Å². The summed E-state index contributed by atoms with van der Waals surface area (Å²) in [7, 11) is 0. The SMILES string of the molecule is NC(c1ccccc1F)C1CCC2CCCCC2C1. The molecule has 0 aromatic heterocycles. The van der Waals surface area contributed by atoms with Crippen LogP contribution in [0, 0.1) is 23.6 Å². The van der Waals surface area contributed by atoms with Gasteiger partial charge in [0.1, 0.15) is 5.82 Å². The Hall–Kier alpha value is -0.890. The molecule has 2 fully saturated rings. The third kappa shape index (κ3) is 2.69. The van der Waals surface area contributed by atoms with Gasteiger partial charge in [-0.05, 0) is 43.1 Å². The van der Waals surface area contributed by atoms with Gasteiger partial charge >= 0.3 is 0 Å². The predicted octanol–water partition coefficient (Wildman–Crippen LogP) is 4.43. The molecule has 19 heavy (non-hydrogen) atoms. The van der Waals surface area contributed by atoms with E-state index in [9.17, 15) is 4.39 Å². The molecule has 0 bridgehead atoms. The van der Waals surface area contributed by atoms with Crippen LogP contribution in [0.3, 0.4) is 0 Å². The molecule has 1 aromatic carbocycles. The second-order valence-corrected chi connectivity index (χ2v) is 6.43. The van der Waals surface area contributed by atoms with Crippen LogP contribution in [0.1, 0.15) is 56.6 Å². The lowest BCUT2D eigenvalue weighted by Crippen LogP contribution is -2.33. The Morgan fingerprint density at radius 2 is 1.74 bits per heavy atom. The molecule has 2 aliphatic carbocycles. The topological polar surface area (TPSA) is 26.0 Å². The largest absolute Gasteiger partial charge is 0.324 e. The van der Waals surface area contributed by atoms with Crippen LogP contribution < -0.4 is 5.73 Å². The number of hydrogen-bond acceptors (Lipinski definition) is 1. The molecule has 1 aromatic rings. The van der Waals surface area contributed by atoms with E-state index >= 15 is 0 Å². The van der Waals surface area contributed by atoms with Crippen molar-refractivity contribution in [2.75, 3.05) is 0 Å². The van der Waals surface area contributed by atoms with Gasteiger partial charge in [-0.15, -0.1) is 0 Å². The smallest absolute Gasteiger partial charge is 0.127 e. The molecule has 3 rings (SSSR count). The van der Waals surface area contributed by atoms with Crippen molar-refractivity contribution in [2.45, 2.75) is 51.0 Å². The Bertz CT molecular complexity index is 431. The van der Waals surface area contributed by atoms with Crippen molar-refractivity contribution in [1.29, 1.82) is 0 Å². The summed E-state index contributed by atoms with van der Waals surface area (Å²) in [4.78, 5) is 0. The Balaban J connectivity index is 1.71. The highest BCUT2D eigenvalue weighted by molar-refractivity contribution is 5.21. The molecule has 1 nitrogen and oxygen atoms in total. The van der Waals surface area contributed by atoms with E-state index in [-0.39, 0.29) is 11.9 Å². The first-order valence-corrected chi connectivity index (χ1v) is 7.75. The van der Waals surface area contributed by atoms with Crippen molar-refractivity contribution in [1.82, 2.24) is 0 Å². The van der Waals surface area contributed by atoms with Gasteiger partial charge in [-0.1, -0.05) is 43.9 Å². The van der Waals surface area contributed by atoms with Gasteiger partial charge in [0.15, 0.2) is 0 Å². The molecule has 0 heterocycles. The minimum Gasteiger partial charge on any atom is -0.324 e. The standard InChI is InChI=1S/C17H24FN/c18-16-8-4-3-7-15(16)17(19)14-10-9-12-5-1-2-6-13(12)11-14/h3-4,7-8,12-14,17H,1-2,5-6,9-11,19H2. The zero-order valence-electron chi connectivity index (χ0n) is 11.5. The van der Waals surface area contributed by atoms with Gasteiger partial charge in [-0.3, -0.25) is 0 Å². The van der Waals surface area contributed by atoms with Crippen LogP contribution in [-0.2, 0) is 0 Å². The van der Waals surface area contributed by atoms with Gasteiger partial charge in [0.2, 0.25) is 0 Å². The highest BCUT2D eigenvalue weighted by Gasteiger charge is 2.35. The maximum atomic E-state index is 13.8. The second-order valence-electron chi connectivity index (χ2n) is 6.43. The molecule has 2 saturated carbocycles. The second kappa shape index (κ2) is 5.62. The predicted molar refractivity (Wildman–Crippen MR) is 76.1 cm³/mol. The van der Waals surface area contributed by atoms with E-state index in [1.807, 2.05) is 12.1 Å². The van der Waals surface area contributed by atoms with E-state index in [2.05, 4.69) is 0 Å². The first kappa shape index (κ1) is 13.1. The van der Waals surface area contributed by atoms with Gasteiger partial charge in [-0.25, -0.2) is 4.39 Å². The fourth-order valence-electron chi connectivity index (χ4n) is 4.24. The molecular formula is C17H24FN. The van der Waals surface area contributed by atoms with Gasteiger partial charge in [0.05, 0.1) is 0 Å². The van der Waals surface area contributed by atoms with Crippen molar-refractivity contribution in [3.8, 4) is 0 Å². The van der Waals surface area contributed by atoms with Crippen LogP contribution in [-0.4, -0.2) is 0 Å². The average molecular weight is 261 g/mol. The van der Waals surface area contributed by atoms with E-state index in [1.165, 1.54) is 51.0 Å². The van der Waals surface area contributed by atoms with Crippen molar-refractivity contribution in [3.05, 3.63) is 35.6 Å². The minimum absolute atomic E-state index is 0.121. The summed E-state index contributed by atoms with van der Waals surface area (Å²) in [6.07, 6.45) is 9.25. The van der Waals surface area contributed by atoms with Crippen LogP contribution in [0.5, 0.6) is 0 Å². The number of nitrogens with two attached hydrogens (primary N) is 1. The zero-order chi connectivity index (χ0) is 13.2. The zero-order valence-corrected chi connectivity index (χ0v) is 11.5. The van der Waals surface area contributed by atoms with Crippen molar-refractivity contribution < 1.29 is 4.39 Å². The maximum absolute atomic E-state index is 13.8. The van der Waals surface area contributed by atoms with Gasteiger partial charge in [0, 0.05) is 11.6 Å². The molecule has 2 aliphatic rings. The summed E-state index contributed by atoms with van der Waals surface area (Å²) < 4.78 is 13.8. The Morgan fingerprint density at radius 1 is 1.00 bits per heavy atom. The molecule has 4 atom stereocenters. The molecule has 4 unspecified atom stereocenters. The monoisotopic (exact) mass is 261 g/mol. The highest BCUT2D eigenvalue weighted by Crippen LogP contribution is 2.45. The van der Waals surface area contributed by atoms with Crippen LogP contribution >= 0.6 is 0 Å². The van der Waals surface area contributed by atoms with E-state index in [1.54, 1.807) is 6.07 Å². The Morgan fingerprint density at radius 3 is 2.53 bits per heavy atom. The quantitative estimate of drug-likeness (QED) is 0.837. The third-order valence-electron chi connectivity index (χ3n) is 5.35. The van der Waals surface area contributed by atoms with Crippen LogP contribution in [0.2, 0.25) is 0 Å². The first-order valence-electron chi connectivity index (χ1n) is 7.75. The number of fused-ring (bicyclic) bond motifs is 1. The number of benzene rings is 1. The summed E-state index contributed by atoms with van der Waals surface area (Å²) in [5.74, 6) is 2.11. The summed E-state index contributed by atoms with van der Waals surface area (Å²) in [6, 6.07) is 6.90. The summed E-state index contributed by atoms with van der Waals surface area (Å²) in [5, 5.41) is 0. The summed E-state index contributed by atoms with van der Waals surface area (Å²) >= 11 is 0. The molecule has 0 radical (unpaired) electrons. The summed E-state index contributed by atoms with van der Waals surface area (Å²) in [5.41, 5.74) is 7.06. The van der Waals surface area contributed by atoms with Crippen LogP contribution in [0.15, 0.2) is 24.3 Å². The maximum Gasteiger partial charge on any atom is 0.127 e. The Kier molecular flexibility index (Phi) is 3.88. The first-order chi connectivity index (χ1) is 9.25. The van der Waals surface area contributed by atoms with Gasteiger partial charge in [-0.2, -0.15) is 0 Å². The lowest BCUT2D eigenvalue weighted by molar-refractivity contribution is 0.116. The molecule has 0 spiro atoms. The van der Waals surface area contributed by atoms with E-state index in [4.69, 9.17) is 5.73 Å². The van der Waals surface area contributed by atoms with Crippen molar-refractivity contribution in [3.63, 3.8) is 0 Å². The number of halogens is 1. The van der Waals surface area contributed by atoms with Crippen molar-refractivity contribution in [2.24, 2.45) is 23.5 Å². The molecule has 0 amide bonds. The van der Waals surface area contributed by atoms with E-state index in [0.717, 1.165) is 11.8 Å². The van der Waals surface area contributed by atoms with E-state index in [0.29, 0.717) is 11.5 Å². The minimum atomic E-state index is -0.138. The number of hydrogen-bond donors (Lipinski definition) is 1. The molecule has 104 valence electrons. The van der Waals surface area contributed by atoms with E-state index < -0.39 is 0 Å². The van der Waals surface area contributed by atoms with Crippen LogP contribution in [0.4, 0.5) is 4.39 Å². The van der Waals surface area contributed by atoms with Crippen molar-refractivity contribution >= 4 is 0 Å². The third-order valence-corrected chi connectivity index (χ3v) is 5.35. The van der Waals surface area contributed by atoms with Crippen LogP contribution in [0.25, 0.3) is 0 Å². The normalized spacial score (nSPS) is 32.6. The van der Waals surface area contributed by atoms with Gasteiger partial charge in [0.25, 0.3) is 0 Å². The summed E-state index contributed by atoms with van der Waals surface area (Å²) in [6.45, 7) is 0. The fourth-order valence-corrected chi connectivity index (χ4v) is 4.24. The molecule has 0 aliphatic heterocycles. The fraction of sp³-hybridized carbons (Fsp3) is 0.647. The molecule has 2 N–H and O–H groups in total. The molecule has 0 saturated heterocycles. The lowest BCUT2D eigenvalue weighted by Gasteiger charge is -2.41. The average Bonchev–Trinajstić information content (AvgIpc) is 2.46. The highest BCUT2D eigenvalue weighted by atomic mass is 19.1. The molecule has 2 heteroatoms. The number of rotatable bonds is 2. The Labute approximate surface area is 115 Å². The lowest BCUT2D eigenvalue weighted by atomic mass is 9.65.